The van der Waals surface area contributed by atoms with Crippen LogP contribution in [0.2, 0.25) is 0 Å². The van der Waals surface area contributed by atoms with Gasteiger partial charge in [0.15, 0.2) is 0 Å². The number of rotatable bonds is 14. The lowest BCUT2D eigenvalue weighted by Gasteiger charge is -2.26. The van der Waals surface area contributed by atoms with Gasteiger partial charge in [0.05, 0.1) is 30.3 Å². The lowest BCUT2D eigenvalue weighted by molar-refractivity contribution is -0.135. The summed E-state index contributed by atoms with van der Waals surface area (Å²) in [6, 6.07) is 1.95. The highest BCUT2D eigenvalue weighted by molar-refractivity contribution is 5.89. The zero-order chi connectivity index (χ0) is 22.9. The second kappa shape index (κ2) is 11.4. The van der Waals surface area contributed by atoms with E-state index in [0.717, 1.165) is 12.8 Å². The summed E-state index contributed by atoms with van der Waals surface area (Å²) in [6.45, 7) is 8.42. The SMILES string of the molecule is C=CCN(CC=C)C(=O)C(CC(=O)NCC1(CO)CC1)NCc1cc(C(=O)O)ccn1. The van der Waals surface area contributed by atoms with Crippen LogP contribution in [-0.4, -0.2) is 70.2 Å². The van der Waals surface area contributed by atoms with Gasteiger partial charge in [0, 0.05) is 37.8 Å². The summed E-state index contributed by atoms with van der Waals surface area (Å²) in [6.07, 6.45) is 6.19. The highest BCUT2D eigenvalue weighted by Crippen LogP contribution is 2.44. The molecule has 1 aromatic heterocycles. The summed E-state index contributed by atoms with van der Waals surface area (Å²) in [5, 5.41) is 24.4. The molecule has 1 aliphatic rings. The number of amides is 2. The molecule has 0 spiro atoms. The van der Waals surface area contributed by atoms with Gasteiger partial charge in [-0.3, -0.25) is 19.9 Å². The summed E-state index contributed by atoms with van der Waals surface area (Å²) in [7, 11) is 0. The maximum Gasteiger partial charge on any atom is 0.335 e. The molecule has 2 amide bonds. The number of aliphatic hydroxyl groups excluding tert-OH is 1. The van der Waals surface area contributed by atoms with Crippen LogP contribution in [0.5, 0.6) is 0 Å². The van der Waals surface area contributed by atoms with Gasteiger partial charge in [-0.25, -0.2) is 4.79 Å². The van der Waals surface area contributed by atoms with E-state index in [2.05, 4.69) is 28.8 Å². The number of carboxylic acid groups (broad SMARTS) is 1. The van der Waals surface area contributed by atoms with Crippen molar-refractivity contribution < 1.29 is 24.6 Å². The molecule has 0 aromatic carbocycles. The Morgan fingerprint density at radius 1 is 1.26 bits per heavy atom. The van der Waals surface area contributed by atoms with Crippen molar-refractivity contribution in [3.05, 3.63) is 54.9 Å². The molecule has 0 bridgehead atoms. The fraction of sp³-hybridized carbons (Fsp3) is 0.455. The zero-order valence-corrected chi connectivity index (χ0v) is 17.5. The van der Waals surface area contributed by atoms with E-state index < -0.39 is 12.0 Å². The molecule has 1 aliphatic carbocycles. The molecule has 1 heterocycles. The number of carbonyl (C=O) groups is 3. The predicted octanol–water partition coefficient (Wildman–Crippen LogP) is 0.717. The van der Waals surface area contributed by atoms with Gasteiger partial charge in [-0.2, -0.15) is 0 Å². The molecule has 1 saturated carbocycles. The number of aromatic carboxylic acids is 1. The Bertz CT molecular complexity index is 812. The molecule has 2 rings (SSSR count). The number of aromatic nitrogens is 1. The second-order valence-corrected chi connectivity index (χ2v) is 7.73. The molecule has 31 heavy (non-hydrogen) atoms. The zero-order valence-electron chi connectivity index (χ0n) is 17.5. The fourth-order valence-corrected chi connectivity index (χ4v) is 3.08. The number of carboxylic acids is 1. The molecule has 1 atom stereocenters. The van der Waals surface area contributed by atoms with Crippen molar-refractivity contribution in [2.24, 2.45) is 5.41 Å². The van der Waals surface area contributed by atoms with Crippen molar-refractivity contribution >= 4 is 17.8 Å². The van der Waals surface area contributed by atoms with E-state index in [1.807, 2.05) is 0 Å². The molecule has 9 nitrogen and oxygen atoms in total. The molecule has 1 aromatic rings. The van der Waals surface area contributed by atoms with Crippen LogP contribution in [0.3, 0.4) is 0 Å². The largest absolute Gasteiger partial charge is 0.478 e. The number of nitrogens with zero attached hydrogens (tertiary/aromatic N) is 2. The maximum absolute atomic E-state index is 13.1. The lowest BCUT2D eigenvalue weighted by atomic mass is 10.1. The van der Waals surface area contributed by atoms with E-state index in [1.54, 1.807) is 12.2 Å². The third-order valence-corrected chi connectivity index (χ3v) is 5.24. The number of hydrogen-bond acceptors (Lipinski definition) is 6. The van der Waals surface area contributed by atoms with Crippen molar-refractivity contribution in [2.75, 3.05) is 26.2 Å². The Morgan fingerprint density at radius 2 is 1.94 bits per heavy atom. The number of nitrogens with one attached hydrogen (secondary N) is 2. The summed E-state index contributed by atoms with van der Waals surface area (Å²) in [4.78, 5) is 42.4. The normalized spacial score (nSPS) is 14.9. The Labute approximate surface area is 181 Å². The van der Waals surface area contributed by atoms with Gasteiger partial charge < -0.3 is 20.4 Å². The minimum Gasteiger partial charge on any atom is -0.478 e. The molecule has 168 valence electrons. The van der Waals surface area contributed by atoms with Crippen LogP contribution >= 0.6 is 0 Å². The topological polar surface area (TPSA) is 132 Å². The predicted molar refractivity (Wildman–Crippen MR) is 115 cm³/mol. The van der Waals surface area contributed by atoms with E-state index in [1.165, 1.54) is 23.2 Å². The highest BCUT2D eigenvalue weighted by atomic mass is 16.4. The monoisotopic (exact) mass is 430 g/mol. The standard InChI is InChI=1S/C22H30N4O5/c1-3-9-26(10-4-2)20(29)18(12-19(28)25-14-22(15-27)6-7-22)24-13-17-11-16(21(30)31)5-8-23-17/h3-5,8,11,18,24,27H,1-2,6-7,9-10,12-15H2,(H,25,28)(H,30,31). The number of aliphatic hydroxyl groups is 1. The summed E-state index contributed by atoms with van der Waals surface area (Å²) in [5.41, 5.74) is 0.294. The first-order valence-electron chi connectivity index (χ1n) is 10.1. The van der Waals surface area contributed by atoms with E-state index >= 15 is 0 Å². The van der Waals surface area contributed by atoms with Crippen molar-refractivity contribution in [3.8, 4) is 0 Å². The van der Waals surface area contributed by atoms with Crippen molar-refractivity contribution in [2.45, 2.75) is 31.8 Å². The molecule has 1 unspecified atom stereocenters. The van der Waals surface area contributed by atoms with Gasteiger partial charge in [-0.05, 0) is 25.0 Å². The van der Waals surface area contributed by atoms with Gasteiger partial charge in [0.25, 0.3) is 0 Å². The average Bonchev–Trinajstić information content (AvgIpc) is 3.55. The molecular weight excluding hydrogens is 400 g/mol. The maximum atomic E-state index is 13.1. The van der Waals surface area contributed by atoms with Crippen LogP contribution < -0.4 is 10.6 Å². The number of carbonyl (C=O) groups excluding carboxylic acids is 2. The highest BCUT2D eigenvalue weighted by Gasteiger charge is 2.42. The fourth-order valence-electron chi connectivity index (χ4n) is 3.08. The molecule has 0 aliphatic heterocycles. The molecule has 0 saturated heterocycles. The van der Waals surface area contributed by atoms with Crippen LogP contribution in [-0.2, 0) is 16.1 Å². The third kappa shape index (κ3) is 7.30. The minimum absolute atomic E-state index is 0.0198. The Kier molecular flexibility index (Phi) is 8.89. The first kappa shape index (κ1) is 24.2. The number of hydrogen-bond donors (Lipinski definition) is 4. The van der Waals surface area contributed by atoms with Crippen LogP contribution in [0.25, 0.3) is 0 Å². The van der Waals surface area contributed by atoms with Crippen molar-refractivity contribution in [3.63, 3.8) is 0 Å². The molecular formula is C22H30N4O5. The first-order chi connectivity index (χ1) is 14.8. The summed E-state index contributed by atoms with van der Waals surface area (Å²) >= 11 is 0. The van der Waals surface area contributed by atoms with Crippen molar-refractivity contribution in [1.29, 1.82) is 0 Å². The van der Waals surface area contributed by atoms with Gasteiger partial charge in [0.2, 0.25) is 11.8 Å². The minimum atomic E-state index is -1.07. The Morgan fingerprint density at radius 3 is 2.48 bits per heavy atom. The molecule has 9 heteroatoms. The van der Waals surface area contributed by atoms with Crippen LogP contribution in [0.1, 0.15) is 35.3 Å². The van der Waals surface area contributed by atoms with E-state index in [-0.39, 0.29) is 42.4 Å². The second-order valence-electron chi connectivity index (χ2n) is 7.73. The van der Waals surface area contributed by atoms with Gasteiger partial charge >= 0.3 is 5.97 Å². The van der Waals surface area contributed by atoms with Crippen LogP contribution in [0.4, 0.5) is 0 Å². The van der Waals surface area contributed by atoms with Crippen molar-refractivity contribution in [1.82, 2.24) is 20.5 Å². The first-order valence-corrected chi connectivity index (χ1v) is 10.1. The smallest absolute Gasteiger partial charge is 0.335 e. The molecule has 0 radical (unpaired) electrons. The summed E-state index contributed by atoms with van der Waals surface area (Å²) < 4.78 is 0. The third-order valence-electron chi connectivity index (χ3n) is 5.24. The average molecular weight is 431 g/mol. The Balaban J connectivity index is 2.08. The van der Waals surface area contributed by atoms with E-state index in [4.69, 9.17) is 5.11 Å². The molecule has 4 N–H and O–H groups in total. The number of pyridine rings is 1. The van der Waals surface area contributed by atoms with Gasteiger partial charge in [-0.1, -0.05) is 12.2 Å². The van der Waals surface area contributed by atoms with Crippen LogP contribution in [0, 0.1) is 5.41 Å². The quantitative estimate of drug-likeness (QED) is 0.320. The van der Waals surface area contributed by atoms with Crippen LogP contribution in [0.15, 0.2) is 43.6 Å². The summed E-state index contributed by atoms with van der Waals surface area (Å²) in [5.74, 6) is -1.68. The lowest BCUT2D eigenvalue weighted by Crippen LogP contribution is -2.49. The van der Waals surface area contributed by atoms with Gasteiger partial charge in [0.1, 0.15) is 0 Å². The van der Waals surface area contributed by atoms with Gasteiger partial charge in [-0.15, -0.1) is 13.2 Å². The Hall–Kier alpha value is -3.04. The molecule has 1 fully saturated rings. The van der Waals surface area contributed by atoms with E-state index in [9.17, 15) is 19.5 Å². The van der Waals surface area contributed by atoms with E-state index in [0.29, 0.717) is 25.3 Å².